The minimum atomic E-state index is 0.228. The fraction of sp³-hybridized carbons (Fsp3) is 0.600. The van der Waals surface area contributed by atoms with Gasteiger partial charge in [-0.25, -0.2) is 0 Å². The van der Waals surface area contributed by atoms with Gasteiger partial charge in [-0.2, -0.15) is 0 Å². The number of benzene rings is 1. The number of hydrogen-bond acceptors (Lipinski definition) is 5. The first kappa shape index (κ1) is 13.5. The zero-order chi connectivity index (χ0) is 14.0. The number of phenolic OH excluding ortho intramolecular Hbond substituents is 1. The van der Waals surface area contributed by atoms with Gasteiger partial charge in [0, 0.05) is 38.4 Å². The van der Waals surface area contributed by atoms with E-state index in [1.54, 1.807) is 13.2 Å². The third-order valence-corrected chi connectivity index (χ3v) is 4.18. The molecule has 5 nitrogen and oxygen atoms in total. The van der Waals surface area contributed by atoms with E-state index in [2.05, 4.69) is 5.32 Å². The van der Waals surface area contributed by atoms with Crippen LogP contribution in [0.3, 0.4) is 0 Å². The summed E-state index contributed by atoms with van der Waals surface area (Å²) in [6.45, 7) is 2.64. The van der Waals surface area contributed by atoms with E-state index >= 15 is 0 Å². The number of aromatic hydroxyl groups is 1. The van der Waals surface area contributed by atoms with E-state index in [0.29, 0.717) is 23.5 Å². The third-order valence-electron chi connectivity index (χ3n) is 4.18. The maximum atomic E-state index is 9.97. The van der Waals surface area contributed by atoms with Gasteiger partial charge in [0.1, 0.15) is 5.75 Å². The Labute approximate surface area is 118 Å². The number of ether oxygens (including phenoxy) is 3. The SMILES string of the molecule is COCCC1(CNCc2cc3c(cc2O)OCO3)CC1. The number of hydrogen-bond donors (Lipinski definition) is 2. The van der Waals surface area contributed by atoms with E-state index in [1.807, 2.05) is 6.07 Å². The van der Waals surface area contributed by atoms with Gasteiger partial charge in [-0.3, -0.25) is 0 Å². The van der Waals surface area contributed by atoms with Gasteiger partial charge >= 0.3 is 0 Å². The Morgan fingerprint density at radius 1 is 1.30 bits per heavy atom. The summed E-state index contributed by atoms with van der Waals surface area (Å²) < 4.78 is 15.7. The first-order chi connectivity index (χ1) is 9.72. The summed E-state index contributed by atoms with van der Waals surface area (Å²) in [4.78, 5) is 0. The van der Waals surface area contributed by atoms with Gasteiger partial charge in [0.2, 0.25) is 6.79 Å². The Bertz CT molecular complexity index is 485. The van der Waals surface area contributed by atoms with Crippen molar-refractivity contribution in [2.75, 3.05) is 27.1 Å². The molecule has 5 heteroatoms. The first-order valence-corrected chi connectivity index (χ1v) is 7.04. The first-order valence-electron chi connectivity index (χ1n) is 7.04. The molecule has 1 heterocycles. The second-order valence-corrected chi connectivity index (χ2v) is 5.68. The molecule has 0 radical (unpaired) electrons. The number of methoxy groups -OCH3 is 1. The maximum absolute atomic E-state index is 9.97. The van der Waals surface area contributed by atoms with Crippen molar-refractivity contribution >= 4 is 0 Å². The molecule has 20 heavy (non-hydrogen) atoms. The summed E-state index contributed by atoms with van der Waals surface area (Å²) in [5.41, 5.74) is 1.25. The quantitative estimate of drug-likeness (QED) is 0.799. The van der Waals surface area contributed by atoms with Crippen LogP contribution in [0.15, 0.2) is 12.1 Å². The minimum Gasteiger partial charge on any atom is -0.507 e. The van der Waals surface area contributed by atoms with Gasteiger partial charge in [-0.05, 0) is 30.7 Å². The van der Waals surface area contributed by atoms with Crippen molar-refractivity contribution in [1.29, 1.82) is 0 Å². The predicted molar refractivity (Wildman–Crippen MR) is 74.1 cm³/mol. The monoisotopic (exact) mass is 279 g/mol. The fourth-order valence-electron chi connectivity index (χ4n) is 2.59. The van der Waals surface area contributed by atoms with Crippen LogP contribution in [-0.2, 0) is 11.3 Å². The average Bonchev–Trinajstić information content (AvgIpc) is 3.07. The van der Waals surface area contributed by atoms with Crippen molar-refractivity contribution in [1.82, 2.24) is 5.32 Å². The topological polar surface area (TPSA) is 60.0 Å². The van der Waals surface area contributed by atoms with Crippen molar-refractivity contribution in [3.8, 4) is 17.2 Å². The highest BCUT2D eigenvalue weighted by Crippen LogP contribution is 2.48. The molecule has 1 aliphatic heterocycles. The maximum Gasteiger partial charge on any atom is 0.231 e. The van der Waals surface area contributed by atoms with E-state index in [-0.39, 0.29) is 12.5 Å². The number of nitrogens with one attached hydrogen (secondary N) is 1. The fourth-order valence-corrected chi connectivity index (χ4v) is 2.59. The van der Waals surface area contributed by atoms with Crippen LogP contribution in [0.4, 0.5) is 0 Å². The molecule has 1 aromatic carbocycles. The zero-order valence-electron chi connectivity index (χ0n) is 11.8. The van der Waals surface area contributed by atoms with Crippen LogP contribution >= 0.6 is 0 Å². The third kappa shape index (κ3) is 2.83. The van der Waals surface area contributed by atoms with Crippen molar-refractivity contribution in [2.24, 2.45) is 5.41 Å². The number of rotatable bonds is 7. The summed E-state index contributed by atoms with van der Waals surface area (Å²) in [5.74, 6) is 1.58. The Kier molecular flexibility index (Phi) is 3.72. The molecule has 1 saturated carbocycles. The Morgan fingerprint density at radius 3 is 2.75 bits per heavy atom. The highest BCUT2D eigenvalue weighted by molar-refractivity contribution is 5.51. The van der Waals surface area contributed by atoms with Gasteiger partial charge in [-0.1, -0.05) is 0 Å². The average molecular weight is 279 g/mol. The lowest BCUT2D eigenvalue weighted by molar-refractivity contribution is 0.171. The number of fused-ring (bicyclic) bond motifs is 1. The van der Waals surface area contributed by atoms with Crippen molar-refractivity contribution in [3.63, 3.8) is 0 Å². The molecule has 0 amide bonds. The number of phenols is 1. The van der Waals surface area contributed by atoms with Crippen LogP contribution in [0, 0.1) is 5.41 Å². The van der Waals surface area contributed by atoms with Crippen LogP contribution in [0.25, 0.3) is 0 Å². The summed E-state index contributed by atoms with van der Waals surface area (Å²) in [6.07, 6.45) is 3.62. The highest BCUT2D eigenvalue weighted by atomic mass is 16.7. The van der Waals surface area contributed by atoms with Gasteiger partial charge in [-0.15, -0.1) is 0 Å². The molecule has 0 spiro atoms. The van der Waals surface area contributed by atoms with E-state index in [1.165, 1.54) is 12.8 Å². The normalized spacial score (nSPS) is 18.2. The van der Waals surface area contributed by atoms with Gasteiger partial charge in [0.15, 0.2) is 11.5 Å². The van der Waals surface area contributed by atoms with Crippen LogP contribution in [0.2, 0.25) is 0 Å². The molecule has 0 bridgehead atoms. The Morgan fingerprint density at radius 2 is 2.05 bits per heavy atom. The molecule has 3 rings (SSSR count). The smallest absolute Gasteiger partial charge is 0.231 e. The summed E-state index contributed by atoms with van der Waals surface area (Å²) in [6, 6.07) is 3.47. The van der Waals surface area contributed by atoms with Gasteiger partial charge < -0.3 is 24.6 Å². The standard InChI is InChI=1S/C15H21NO4/c1-18-5-4-15(2-3-15)9-16-8-11-6-13-14(7-12(11)17)20-10-19-13/h6-7,16-17H,2-5,8-10H2,1H3. The lowest BCUT2D eigenvalue weighted by Gasteiger charge is -2.16. The summed E-state index contributed by atoms with van der Waals surface area (Å²) >= 11 is 0. The van der Waals surface area contributed by atoms with Crippen LogP contribution in [-0.4, -0.2) is 32.2 Å². The molecular formula is C15H21NO4. The molecule has 0 aromatic heterocycles. The van der Waals surface area contributed by atoms with E-state index in [9.17, 15) is 5.11 Å². The zero-order valence-corrected chi connectivity index (χ0v) is 11.8. The second-order valence-electron chi connectivity index (χ2n) is 5.68. The van der Waals surface area contributed by atoms with Crippen LogP contribution < -0.4 is 14.8 Å². The minimum absolute atomic E-state index is 0.228. The molecule has 1 fully saturated rings. The lowest BCUT2D eigenvalue weighted by Crippen LogP contribution is -2.24. The van der Waals surface area contributed by atoms with Crippen LogP contribution in [0.5, 0.6) is 17.2 Å². The molecule has 2 N–H and O–H groups in total. The van der Waals surface area contributed by atoms with Gasteiger partial charge in [0.25, 0.3) is 0 Å². The molecule has 0 unspecified atom stereocenters. The predicted octanol–water partition coefficient (Wildman–Crippen LogP) is 2.03. The van der Waals surface area contributed by atoms with Gasteiger partial charge in [0.05, 0.1) is 0 Å². The van der Waals surface area contributed by atoms with Crippen molar-refractivity contribution < 1.29 is 19.3 Å². The summed E-state index contributed by atoms with van der Waals surface area (Å²) in [5, 5.41) is 13.4. The largest absolute Gasteiger partial charge is 0.507 e. The molecule has 1 aliphatic carbocycles. The molecule has 0 saturated heterocycles. The Hall–Kier alpha value is -1.46. The molecule has 0 atom stereocenters. The Balaban J connectivity index is 1.54. The van der Waals surface area contributed by atoms with E-state index in [4.69, 9.17) is 14.2 Å². The lowest BCUT2D eigenvalue weighted by atomic mass is 10.0. The molecule has 1 aromatic rings. The second kappa shape index (κ2) is 5.50. The molecular weight excluding hydrogens is 258 g/mol. The van der Waals surface area contributed by atoms with Crippen molar-refractivity contribution in [2.45, 2.75) is 25.8 Å². The molecule has 110 valence electrons. The van der Waals surface area contributed by atoms with Crippen LogP contribution in [0.1, 0.15) is 24.8 Å². The van der Waals surface area contributed by atoms with Crippen molar-refractivity contribution in [3.05, 3.63) is 17.7 Å². The van der Waals surface area contributed by atoms with E-state index < -0.39 is 0 Å². The highest BCUT2D eigenvalue weighted by Gasteiger charge is 2.41. The van der Waals surface area contributed by atoms with E-state index in [0.717, 1.165) is 25.1 Å². The summed E-state index contributed by atoms with van der Waals surface area (Å²) in [7, 11) is 1.74. The molecule has 2 aliphatic rings.